The Morgan fingerprint density at radius 1 is 1.21 bits per heavy atom. The van der Waals surface area contributed by atoms with Gasteiger partial charge in [-0.3, -0.25) is 9.59 Å². The maximum atomic E-state index is 12.3. The van der Waals surface area contributed by atoms with Gasteiger partial charge in [-0.05, 0) is 31.2 Å². The van der Waals surface area contributed by atoms with Gasteiger partial charge in [0.25, 0.3) is 0 Å². The highest BCUT2D eigenvalue weighted by atomic mass is 16.3. The van der Waals surface area contributed by atoms with Crippen molar-refractivity contribution in [2.75, 3.05) is 6.54 Å². The van der Waals surface area contributed by atoms with E-state index in [0.29, 0.717) is 13.0 Å². The largest absolute Gasteiger partial charge is 0.393 e. The van der Waals surface area contributed by atoms with Crippen molar-refractivity contribution in [3.05, 3.63) is 35.4 Å². The normalized spacial score (nSPS) is 13.9. The minimum atomic E-state index is -0.406. The molecule has 5 nitrogen and oxygen atoms in total. The van der Waals surface area contributed by atoms with E-state index in [9.17, 15) is 14.7 Å². The first-order chi connectivity index (χ1) is 11.1. The van der Waals surface area contributed by atoms with Gasteiger partial charge in [0.1, 0.15) is 0 Å². The summed E-state index contributed by atoms with van der Waals surface area (Å²) in [5.41, 5.74) is 1.86. The summed E-state index contributed by atoms with van der Waals surface area (Å²) in [6.07, 6.45) is 0.393. The fourth-order valence-electron chi connectivity index (χ4n) is 2.76. The zero-order valence-corrected chi connectivity index (χ0v) is 15.3. The highest BCUT2D eigenvalue weighted by Gasteiger charge is 2.22. The van der Waals surface area contributed by atoms with Crippen LogP contribution in [-0.4, -0.2) is 29.6 Å². The Bertz CT molecular complexity index is 550. The van der Waals surface area contributed by atoms with Crippen molar-refractivity contribution in [2.45, 2.75) is 59.6 Å². The van der Waals surface area contributed by atoms with Gasteiger partial charge in [0, 0.05) is 13.5 Å². The molecule has 0 radical (unpaired) electrons. The highest BCUT2D eigenvalue weighted by molar-refractivity contribution is 5.79. The molecule has 0 aliphatic rings. The second-order valence-electron chi connectivity index (χ2n) is 7.36. The number of carbonyl (C=O) groups is 2. The van der Waals surface area contributed by atoms with Gasteiger partial charge >= 0.3 is 0 Å². The Kier molecular flexibility index (Phi) is 7.42. The third-order valence-corrected chi connectivity index (χ3v) is 3.86. The average molecular weight is 334 g/mol. The van der Waals surface area contributed by atoms with Crippen LogP contribution in [0.5, 0.6) is 0 Å². The summed E-state index contributed by atoms with van der Waals surface area (Å²) in [5.74, 6) is -0.282. The molecule has 134 valence electrons. The van der Waals surface area contributed by atoms with Crippen LogP contribution in [0.15, 0.2) is 24.3 Å². The molecule has 0 spiro atoms. The molecule has 1 rings (SSSR count). The van der Waals surface area contributed by atoms with Crippen LogP contribution >= 0.6 is 0 Å². The van der Waals surface area contributed by atoms with Crippen LogP contribution in [0.3, 0.4) is 0 Å². The topological polar surface area (TPSA) is 78.4 Å². The zero-order valence-electron chi connectivity index (χ0n) is 15.3. The van der Waals surface area contributed by atoms with E-state index >= 15 is 0 Å². The summed E-state index contributed by atoms with van der Waals surface area (Å²) < 4.78 is 0. The molecule has 2 unspecified atom stereocenters. The van der Waals surface area contributed by atoms with Gasteiger partial charge < -0.3 is 15.7 Å². The maximum absolute atomic E-state index is 12.3. The van der Waals surface area contributed by atoms with Crippen LogP contribution in [0.2, 0.25) is 0 Å². The summed E-state index contributed by atoms with van der Waals surface area (Å²) in [4.78, 5) is 23.7. The van der Waals surface area contributed by atoms with Crippen LogP contribution in [0.25, 0.3) is 0 Å². The number of aliphatic hydroxyl groups is 1. The number of benzene rings is 1. The van der Waals surface area contributed by atoms with E-state index in [1.54, 1.807) is 6.92 Å². The predicted molar refractivity (Wildman–Crippen MR) is 95.4 cm³/mol. The number of aliphatic hydroxyl groups excluding tert-OH is 1. The van der Waals surface area contributed by atoms with Crippen molar-refractivity contribution in [3.8, 4) is 0 Å². The number of amides is 2. The van der Waals surface area contributed by atoms with Gasteiger partial charge in [-0.15, -0.1) is 0 Å². The van der Waals surface area contributed by atoms with E-state index in [4.69, 9.17) is 0 Å². The minimum Gasteiger partial charge on any atom is -0.393 e. The summed E-state index contributed by atoms with van der Waals surface area (Å²) in [6, 6.07) is 7.45. The molecule has 0 bridgehead atoms. The molecule has 5 heteroatoms. The Balaban J connectivity index is 2.68. The second kappa shape index (κ2) is 8.83. The summed E-state index contributed by atoms with van der Waals surface area (Å²) in [6.45, 7) is 9.68. The first-order valence-corrected chi connectivity index (χ1v) is 8.37. The standard InChI is InChI=1S/C19H30N2O3/c1-13-6-8-16(9-7-13)17(21-15(3)23)10-18(24)20-12-19(4,5)11-14(2)22/h6-9,14,17,22H,10-12H2,1-5H3,(H,20,24)(H,21,23). The summed E-state index contributed by atoms with van der Waals surface area (Å²) >= 11 is 0. The lowest BCUT2D eigenvalue weighted by Crippen LogP contribution is -2.38. The molecule has 1 aromatic carbocycles. The highest BCUT2D eigenvalue weighted by Crippen LogP contribution is 2.22. The smallest absolute Gasteiger partial charge is 0.222 e. The molecule has 0 saturated carbocycles. The van der Waals surface area contributed by atoms with Crippen molar-refractivity contribution >= 4 is 11.8 Å². The van der Waals surface area contributed by atoms with Gasteiger partial charge in [0.05, 0.1) is 18.6 Å². The van der Waals surface area contributed by atoms with Crippen LogP contribution in [0, 0.1) is 12.3 Å². The molecule has 0 aliphatic carbocycles. The number of aryl methyl sites for hydroxylation is 1. The van der Waals surface area contributed by atoms with E-state index in [1.165, 1.54) is 6.92 Å². The first kappa shape index (κ1) is 20.2. The van der Waals surface area contributed by atoms with E-state index < -0.39 is 6.10 Å². The molecule has 1 aromatic rings. The fraction of sp³-hybridized carbons (Fsp3) is 0.579. The monoisotopic (exact) mass is 334 g/mol. The Hall–Kier alpha value is -1.88. The number of carbonyl (C=O) groups excluding carboxylic acids is 2. The zero-order chi connectivity index (χ0) is 18.3. The van der Waals surface area contributed by atoms with Crippen molar-refractivity contribution in [2.24, 2.45) is 5.41 Å². The van der Waals surface area contributed by atoms with Crippen molar-refractivity contribution in [1.29, 1.82) is 0 Å². The van der Waals surface area contributed by atoms with Gasteiger partial charge in [0.2, 0.25) is 11.8 Å². The molecule has 2 amide bonds. The molecule has 0 aromatic heterocycles. The Labute approximate surface area is 144 Å². The van der Waals surface area contributed by atoms with Crippen LogP contribution in [0.4, 0.5) is 0 Å². The van der Waals surface area contributed by atoms with Crippen molar-refractivity contribution in [1.82, 2.24) is 10.6 Å². The molecule has 24 heavy (non-hydrogen) atoms. The van der Waals surface area contributed by atoms with Crippen LogP contribution in [-0.2, 0) is 9.59 Å². The minimum absolute atomic E-state index is 0.118. The van der Waals surface area contributed by atoms with E-state index in [1.807, 2.05) is 45.0 Å². The third kappa shape index (κ3) is 7.59. The maximum Gasteiger partial charge on any atom is 0.222 e. The van der Waals surface area contributed by atoms with Gasteiger partial charge in [-0.25, -0.2) is 0 Å². The SMILES string of the molecule is CC(=O)NC(CC(=O)NCC(C)(C)CC(C)O)c1ccc(C)cc1. The summed E-state index contributed by atoms with van der Waals surface area (Å²) in [7, 11) is 0. The average Bonchev–Trinajstić information content (AvgIpc) is 2.43. The van der Waals surface area contributed by atoms with Gasteiger partial charge in [0.15, 0.2) is 0 Å². The Morgan fingerprint density at radius 2 is 1.79 bits per heavy atom. The van der Waals surface area contributed by atoms with Gasteiger partial charge in [-0.2, -0.15) is 0 Å². The number of hydrogen-bond donors (Lipinski definition) is 3. The van der Waals surface area contributed by atoms with Crippen molar-refractivity contribution in [3.63, 3.8) is 0 Å². The lowest BCUT2D eigenvalue weighted by Gasteiger charge is -2.27. The molecule has 2 atom stereocenters. The predicted octanol–water partition coefficient (Wildman–Crippen LogP) is 2.48. The number of hydrogen-bond acceptors (Lipinski definition) is 3. The lowest BCUT2D eigenvalue weighted by molar-refractivity contribution is -0.123. The quantitative estimate of drug-likeness (QED) is 0.683. The summed E-state index contributed by atoms with van der Waals surface area (Å²) in [5, 5.41) is 15.3. The number of nitrogens with one attached hydrogen (secondary N) is 2. The molecular weight excluding hydrogens is 304 g/mol. The van der Waals surface area contributed by atoms with Crippen LogP contribution < -0.4 is 10.6 Å². The van der Waals surface area contributed by atoms with E-state index in [0.717, 1.165) is 11.1 Å². The molecule has 0 saturated heterocycles. The van der Waals surface area contributed by atoms with E-state index in [2.05, 4.69) is 10.6 Å². The fourth-order valence-corrected chi connectivity index (χ4v) is 2.76. The molecule has 3 N–H and O–H groups in total. The van der Waals surface area contributed by atoms with Gasteiger partial charge in [-0.1, -0.05) is 43.7 Å². The number of rotatable bonds is 8. The molecule has 0 fully saturated rings. The molecule has 0 aliphatic heterocycles. The van der Waals surface area contributed by atoms with E-state index in [-0.39, 0.29) is 29.7 Å². The second-order valence-corrected chi connectivity index (χ2v) is 7.36. The van der Waals surface area contributed by atoms with Crippen molar-refractivity contribution < 1.29 is 14.7 Å². The lowest BCUT2D eigenvalue weighted by atomic mass is 9.87. The molecule has 0 heterocycles. The Morgan fingerprint density at radius 3 is 2.29 bits per heavy atom. The van der Waals surface area contributed by atoms with Crippen LogP contribution in [0.1, 0.15) is 57.7 Å². The first-order valence-electron chi connectivity index (χ1n) is 8.37. The third-order valence-electron chi connectivity index (χ3n) is 3.86. The molecular formula is C19H30N2O3.